The van der Waals surface area contributed by atoms with E-state index >= 15 is 0 Å². The molecule has 1 saturated heterocycles. The summed E-state index contributed by atoms with van der Waals surface area (Å²) >= 11 is 0. The molecule has 0 aliphatic carbocycles. The molecule has 1 aliphatic heterocycles. The number of likely N-dealkylation sites (tertiary alicyclic amines) is 1. The van der Waals surface area contributed by atoms with Gasteiger partial charge < -0.3 is 10.1 Å². The van der Waals surface area contributed by atoms with E-state index in [-0.39, 0.29) is 5.41 Å². The van der Waals surface area contributed by atoms with Gasteiger partial charge in [-0.2, -0.15) is 0 Å². The van der Waals surface area contributed by atoms with Gasteiger partial charge in [-0.15, -0.1) is 0 Å². The van der Waals surface area contributed by atoms with Crippen molar-refractivity contribution in [3.63, 3.8) is 0 Å². The van der Waals surface area contributed by atoms with Gasteiger partial charge in [-0.05, 0) is 61.1 Å². The van der Waals surface area contributed by atoms with E-state index in [9.17, 15) is 4.79 Å². The van der Waals surface area contributed by atoms with Gasteiger partial charge in [0.1, 0.15) is 5.65 Å². The molecule has 2 N–H and O–H groups in total. The van der Waals surface area contributed by atoms with Crippen LogP contribution in [0.5, 0.6) is 0 Å². The summed E-state index contributed by atoms with van der Waals surface area (Å²) in [6.45, 7) is 8.92. The molecule has 0 bridgehead atoms. The van der Waals surface area contributed by atoms with Crippen molar-refractivity contribution in [2.45, 2.75) is 57.9 Å². The lowest BCUT2D eigenvalue weighted by atomic mass is 9.88. The number of benzene rings is 1. The number of H-pyrrole nitrogens is 1. The summed E-state index contributed by atoms with van der Waals surface area (Å²) in [5.41, 5.74) is 6.21. The van der Waals surface area contributed by atoms with Crippen molar-refractivity contribution in [1.29, 1.82) is 0 Å². The number of aromatic amines is 1. The highest BCUT2D eigenvalue weighted by atomic mass is 16.4. The average molecular weight is 432 g/mol. The molecule has 5 heteroatoms. The number of hydrogen-bond donors (Lipinski definition) is 2. The number of aliphatic carboxylic acids is 1. The van der Waals surface area contributed by atoms with E-state index in [2.05, 4.69) is 66.0 Å². The number of hydrogen-bond acceptors (Lipinski definition) is 3. The van der Waals surface area contributed by atoms with Gasteiger partial charge in [-0.25, -0.2) is 9.78 Å². The quantitative estimate of drug-likeness (QED) is 0.490. The predicted molar refractivity (Wildman–Crippen MR) is 129 cm³/mol. The molecule has 1 aliphatic rings. The standard InChI is InChI=1S/C27H33N3O2/c1-27(2,3)25-21(22-8-5-16-28-26(22)29-25)15-18-30-17-6-9-23(30)20-13-11-19(12-14-20)7-4-10-24(31)32/h4-5,8,10-14,16,23H,6-7,9,15,17-18H2,1-3H3,(H,28,29)(H,31,32)/b10-4+/t23-/m0/s1. The SMILES string of the molecule is CC(C)(C)c1[nH]c2ncccc2c1CCN1CCC[C@H]1c1ccc(C/C=C/C(=O)O)cc1. The highest BCUT2D eigenvalue weighted by Crippen LogP contribution is 2.34. The zero-order chi connectivity index (χ0) is 22.7. The fourth-order valence-electron chi connectivity index (χ4n) is 4.88. The zero-order valence-corrected chi connectivity index (χ0v) is 19.3. The minimum Gasteiger partial charge on any atom is -0.478 e. The second kappa shape index (κ2) is 9.29. The molecule has 1 fully saturated rings. The molecular formula is C27H33N3O2. The first-order chi connectivity index (χ1) is 15.3. The van der Waals surface area contributed by atoms with Crippen LogP contribution in [0.3, 0.4) is 0 Å². The predicted octanol–water partition coefficient (Wildman–Crippen LogP) is 5.42. The Labute approximate surface area is 190 Å². The number of pyridine rings is 1. The van der Waals surface area contributed by atoms with E-state index in [1.165, 1.54) is 41.1 Å². The molecule has 1 aromatic carbocycles. The van der Waals surface area contributed by atoms with Gasteiger partial charge in [0, 0.05) is 41.4 Å². The third-order valence-electron chi connectivity index (χ3n) is 6.42. The van der Waals surface area contributed by atoms with Gasteiger partial charge >= 0.3 is 5.97 Å². The van der Waals surface area contributed by atoms with Crippen molar-refractivity contribution in [2.24, 2.45) is 0 Å². The average Bonchev–Trinajstić information content (AvgIpc) is 3.37. The van der Waals surface area contributed by atoms with Gasteiger partial charge in [0.25, 0.3) is 0 Å². The Morgan fingerprint density at radius 3 is 2.75 bits per heavy atom. The van der Waals surface area contributed by atoms with Crippen LogP contribution in [-0.2, 0) is 23.1 Å². The Balaban J connectivity index is 1.48. The van der Waals surface area contributed by atoms with Crippen LogP contribution in [0.1, 0.15) is 62.0 Å². The van der Waals surface area contributed by atoms with Crippen LogP contribution >= 0.6 is 0 Å². The maximum Gasteiger partial charge on any atom is 0.327 e. The lowest BCUT2D eigenvalue weighted by molar-refractivity contribution is -0.131. The molecule has 3 aromatic rings. The number of aromatic nitrogens is 2. The third-order valence-corrected chi connectivity index (χ3v) is 6.42. The van der Waals surface area contributed by atoms with Crippen molar-refractivity contribution >= 4 is 17.0 Å². The number of nitrogens with zero attached hydrogens (tertiary/aromatic N) is 2. The van der Waals surface area contributed by atoms with Crippen LogP contribution in [0.4, 0.5) is 0 Å². The van der Waals surface area contributed by atoms with E-state index in [0.29, 0.717) is 12.5 Å². The molecule has 168 valence electrons. The normalized spacial score (nSPS) is 17.5. The van der Waals surface area contributed by atoms with Gasteiger partial charge in [-0.1, -0.05) is 51.1 Å². The Bertz CT molecular complexity index is 1110. The molecule has 0 radical (unpaired) electrons. The summed E-state index contributed by atoms with van der Waals surface area (Å²) in [5.74, 6) is -0.899. The third kappa shape index (κ3) is 4.94. The lowest BCUT2D eigenvalue weighted by Crippen LogP contribution is -2.26. The smallest absolute Gasteiger partial charge is 0.327 e. The molecule has 0 unspecified atom stereocenters. The van der Waals surface area contributed by atoms with Crippen LogP contribution in [0.25, 0.3) is 11.0 Å². The first-order valence-corrected chi connectivity index (χ1v) is 11.5. The minimum absolute atomic E-state index is 0.0470. The van der Waals surface area contributed by atoms with Crippen LogP contribution in [0.2, 0.25) is 0 Å². The summed E-state index contributed by atoms with van der Waals surface area (Å²) in [5, 5.41) is 9.99. The number of carbonyl (C=O) groups is 1. The summed E-state index contributed by atoms with van der Waals surface area (Å²) in [6, 6.07) is 13.3. The zero-order valence-electron chi connectivity index (χ0n) is 19.3. The number of carboxylic acids is 1. The van der Waals surface area contributed by atoms with Crippen molar-refractivity contribution < 1.29 is 9.90 Å². The fraction of sp³-hybridized carbons (Fsp3) is 0.407. The van der Waals surface area contributed by atoms with E-state index in [1.807, 2.05) is 12.3 Å². The van der Waals surface area contributed by atoms with Crippen LogP contribution in [-0.4, -0.2) is 39.0 Å². The molecule has 0 spiro atoms. The Kier molecular flexibility index (Phi) is 6.47. The van der Waals surface area contributed by atoms with Crippen LogP contribution < -0.4 is 0 Å². The summed E-state index contributed by atoms with van der Waals surface area (Å²) in [6.07, 6.45) is 8.81. The van der Waals surface area contributed by atoms with Crippen molar-refractivity contribution in [1.82, 2.24) is 14.9 Å². The van der Waals surface area contributed by atoms with E-state index in [0.717, 1.165) is 30.7 Å². The van der Waals surface area contributed by atoms with Gasteiger partial charge in [0.15, 0.2) is 0 Å². The monoisotopic (exact) mass is 431 g/mol. The highest BCUT2D eigenvalue weighted by molar-refractivity contribution is 5.81. The maximum absolute atomic E-state index is 10.7. The molecule has 5 nitrogen and oxygen atoms in total. The highest BCUT2D eigenvalue weighted by Gasteiger charge is 2.28. The molecule has 32 heavy (non-hydrogen) atoms. The molecule has 0 saturated carbocycles. The summed E-state index contributed by atoms with van der Waals surface area (Å²) in [7, 11) is 0. The Hall–Kier alpha value is -2.92. The number of carboxylic acid groups (broad SMARTS) is 1. The van der Waals surface area contributed by atoms with Crippen molar-refractivity contribution in [3.05, 3.63) is 77.1 Å². The molecule has 4 rings (SSSR count). The maximum atomic E-state index is 10.7. The second-order valence-corrected chi connectivity index (χ2v) is 9.76. The van der Waals surface area contributed by atoms with Gasteiger partial charge in [-0.3, -0.25) is 4.90 Å². The Morgan fingerprint density at radius 2 is 2.03 bits per heavy atom. The number of fused-ring (bicyclic) bond motifs is 1. The minimum atomic E-state index is -0.899. The first-order valence-electron chi connectivity index (χ1n) is 11.5. The molecule has 1 atom stereocenters. The summed E-state index contributed by atoms with van der Waals surface area (Å²) in [4.78, 5) is 21.4. The number of nitrogens with one attached hydrogen (secondary N) is 1. The van der Waals surface area contributed by atoms with E-state index in [1.54, 1.807) is 6.08 Å². The Morgan fingerprint density at radius 1 is 1.25 bits per heavy atom. The van der Waals surface area contributed by atoms with Crippen molar-refractivity contribution in [3.8, 4) is 0 Å². The van der Waals surface area contributed by atoms with E-state index < -0.39 is 5.97 Å². The van der Waals surface area contributed by atoms with Crippen molar-refractivity contribution in [2.75, 3.05) is 13.1 Å². The molecule has 2 aromatic heterocycles. The molecular weight excluding hydrogens is 398 g/mol. The second-order valence-electron chi connectivity index (χ2n) is 9.76. The van der Waals surface area contributed by atoms with E-state index in [4.69, 9.17) is 5.11 Å². The van der Waals surface area contributed by atoms with Crippen LogP contribution in [0, 0.1) is 0 Å². The first kappa shape index (κ1) is 22.3. The lowest BCUT2D eigenvalue weighted by Gasteiger charge is -2.26. The molecule has 0 amide bonds. The van der Waals surface area contributed by atoms with Gasteiger partial charge in [0.2, 0.25) is 0 Å². The number of allylic oxidation sites excluding steroid dienone is 1. The molecule has 3 heterocycles. The largest absolute Gasteiger partial charge is 0.478 e. The fourth-order valence-corrected chi connectivity index (χ4v) is 4.88. The topological polar surface area (TPSA) is 69.2 Å². The summed E-state index contributed by atoms with van der Waals surface area (Å²) < 4.78 is 0. The van der Waals surface area contributed by atoms with Crippen LogP contribution in [0.15, 0.2) is 54.7 Å². The van der Waals surface area contributed by atoms with Gasteiger partial charge in [0.05, 0.1) is 0 Å². The number of rotatable bonds is 7.